The van der Waals surface area contributed by atoms with Gasteiger partial charge in [0.15, 0.2) is 0 Å². The van der Waals surface area contributed by atoms with E-state index in [9.17, 15) is 4.79 Å². The van der Waals surface area contributed by atoms with Gasteiger partial charge in [0, 0.05) is 0 Å². The summed E-state index contributed by atoms with van der Waals surface area (Å²) in [7, 11) is 0. The van der Waals surface area contributed by atoms with Crippen molar-refractivity contribution in [3.8, 4) is 0 Å². The minimum absolute atomic E-state index is 0.139. The first kappa shape index (κ1) is 12.6. The SMILES string of the molecule is Nc1cnc(C(=O)Nc2cccc(Cl)c2Cl)cn1. The normalized spacial score (nSPS) is 10.1. The number of benzene rings is 1. The summed E-state index contributed by atoms with van der Waals surface area (Å²) in [4.78, 5) is 19.5. The zero-order valence-corrected chi connectivity index (χ0v) is 10.5. The number of halogens is 2. The van der Waals surface area contributed by atoms with Gasteiger partial charge in [0.1, 0.15) is 11.5 Å². The van der Waals surface area contributed by atoms with E-state index in [4.69, 9.17) is 28.9 Å². The Balaban J connectivity index is 2.21. The third-order valence-electron chi connectivity index (χ3n) is 2.10. The Bertz CT molecular complexity index is 586. The van der Waals surface area contributed by atoms with Crippen molar-refractivity contribution in [2.24, 2.45) is 0 Å². The van der Waals surface area contributed by atoms with Crippen LogP contribution in [0, 0.1) is 0 Å². The Morgan fingerprint density at radius 1 is 1.22 bits per heavy atom. The van der Waals surface area contributed by atoms with E-state index in [1.54, 1.807) is 18.2 Å². The molecule has 0 saturated carbocycles. The van der Waals surface area contributed by atoms with Crippen LogP contribution < -0.4 is 11.1 Å². The Morgan fingerprint density at radius 2 is 2.00 bits per heavy atom. The number of anilines is 2. The maximum atomic E-state index is 11.8. The summed E-state index contributed by atoms with van der Waals surface area (Å²) in [5.41, 5.74) is 5.93. The molecule has 1 aromatic heterocycles. The molecule has 0 fully saturated rings. The van der Waals surface area contributed by atoms with Crippen molar-refractivity contribution in [2.75, 3.05) is 11.1 Å². The van der Waals surface area contributed by atoms with Gasteiger partial charge in [-0.25, -0.2) is 9.97 Å². The van der Waals surface area contributed by atoms with Crippen LogP contribution in [0.1, 0.15) is 10.5 Å². The standard InChI is InChI=1S/C11H8Cl2N4O/c12-6-2-1-3-7(10(6)13)17-11(18)8-4-16-9(14)5-15-8/h1-5H,(H2,14,16)(H,17,18). The van der Waals surface area contributed by atoms with Gasteiger partial charge in [-0.15, -0.1) is 0 Å². The van der Waals surface area contributed by atoms with Gasteiger partial charge in [-0.3, -0.25) is 4.79 Å². The number of nitrogen functional groups attached to an aromatic ring is 1. The summed E-state index contributed by atoms with van der Waals surface area (Å²) in [5, 5.41) is 3.22. The van der Waals surface area contributed by atoms with Crippen LogP contribution in [0.5, 0.6) is 0 Å². The summed E-state index contributed by atoms with van der Waals surface area (Å²) in [5.74, 6) is -0.195. The van der Waals surface area contributed by atoms with Crippen molar-refractivity contribution in [3.05, 3.63) is 46.3 Å². The highest BCUT2D eigenvalue weighted by Gasteiger charge is 2.11. The summed E-state index contributed by atoms with van der Waals surface area (Å²) in [6.07, 6.45) is 2.58. The number of hydrogen-bond acceptors (Lipinski definition) is 4. The predicted octanol–water partition coefficient (Wildman–Crippen LogP) is 2.62. The van der Waals surface area contributed by atoms with Crippen LogP contribution in [0.2, 0.25) is 10.0 Å². The molecule has 7 heteroatoms. The summed E-state index contributed by atoms with van der Waals surface area (Å²) >= 11 is 11.8. The molecule has 1 amide bonds. The quantitative estimate of drug-likeness (QED) is 0.887. The molecular weight excluding hydrogens is 275 g/mol. The molecule has 0 atom stereocenters. The average molecular weight is 283 g/mol. The van der Waals surface area contributed by atoms with Gasteiger partial charge in [-0.05, 0) is 12.1 Å². The smallest absolute Gasteiger partial charge is 0.275 e. The minimum Gasteiger partial charge on any atom is -0.382 e. The average Bonchev–Trinajstić information content (AvgIpc) is 2.36. The number of carbonyl (C=O) groups is 1. The number of nitrogens with two attached hydrogens (primary N) is 1. The molecule has 5 nitrogen and oxygen atoms in total. The van der Waals surface area contributed by atoms with Crippen molar-refractivity contribution < 1.29 is 4.79 Å². The third kappa shape index (κ3) is 2.69. The molecule has 0 aliphatic rings. The molecule has 0 spiro atoms. The molecule has 0 bridgehead atoms. The molecule has 0 aliphatic heterocycles. The highest BCUT2D eigenvalue weighted by molar-refractivity contribution is 6.44. The van der Waals surface area contributed by atoms with E-state index in [2.05, 4.69) is 15.3 Å². The van der Waals surface area contributed by atoms with Crippen molar-refractivity contribution in [3.63, 3.8) is 0 Å². The summed E-state index contributed by atoms with van der Waals surface area (Å²) in [6.45, 7) is 0. The zero-order chi connectivity index (χ0) is 13.1. The molecule has 0 unspecified atom stereocenters. The largest absolute Gasteiger partial charge is 0.382 e. The van der Waals surface area contributed by atoms with Gasteiger partial charge in [0.05, 0.1) is 28.1 Å². The van der Waals surface area contributed by atoms with E-state index >= 15 is 0 Å². The predicted molar refractivity (Wildman–Crippen MR) is 70.9 cm³/mol. The van der Waals surface area contributed by atoms with Gasteiger partial charge < -0.3 is 11.1 Å². The van der Waals surface area contributed by atoms with E-state index < -0.39 is 5.91 Å². The molecule has 1 heterocycles. The lowest BCUT2D eigenvalue weighted by molar-refractivity contribution is 0.102. The molecule has 1 aromatic carbocycles. The maximum absolute atomic E-state index is 11.8. The molecular formula is C11H8Cl2N4O. The minimum atomic E-state index is -0.438. The first-order valence-corrected chi connectivity index (χ1v) is 5.66. The van der Waals surface area contributed by atoms with Crippen LogP contribution in [0.15, 0.2) is 30.6 Å². The zero-order valence-electron chi connectivity index (χ0n) is 9.02. The van der Waals surface area contributed by atoms with Crippen LogP contribution in [0.4, 0.5) is 11.5 Å². The number of rotatable bonds is 2. The van der Waals surface area contributed by atoms with E-state index in [0.717, 1.165) is 0 Å². The molecule has 2 rings (SSSR count). The Hall–Kier alpha value is -1.85. The molecule has 0 aliphatic carbocycles. The monoisotopic (exact) mass is 282 g/mol. The number of hydrogen-bond donors (Lipinski definition) is 2. The maximum Gasteiger partial charge on any atom is 0.275 e. The molecule has 2 aromatic rings. The lowest BCUT2D eigenvalue weighted by Crippen LogP contribution is -2.14. The van der Waals surface area contributed by atoms with Crippen molar-refractivity contribution in [1.82, 2.24) is 9.97 Å². The molecule has 0 saturated heterocycles. The first-order chi connectivity index (χ1) is 8.58. The van der Waals surface area contributed by atoms with E-state index in [-0.39, 0.29) is 16.5 Å². The second-order valence-corrected chi connectivity index (χ2v) is 4.17. The number of carbonyl (C=O) groups excluding carboxylic acids is 1. The number of nitrogens with zero attached hydrogens (tertiary/aromatic N) is 2. The lowest BCUT2D eigenvalue weighted by Gasteiger charge is -2.07. The van der Waals surface area contributed by atoms with Crippen LogP contribution >= 0.6 is 23.2 Å². The van der Waals surface area contributed by atoms with Crippen LogP contribution in [0.25, 0.3) is 0 Å². The molecule has 92 valence electrons. The van der Waals surface area contributed by atoms with Crippen LogP contribution in [-0.4, -0.2) is 15.9 Å². The highest BCUT2D eigenvalue weighted by atomic mass is 35.5. The van der Waals surface area contributed by atoms with Gasteiger partial charge in [-0.2, -0.15) is 0 Å². The van der Waals surface area contributed by atoms with E-state index in [0.29, 0.717) is 10.7 Å². The van der Waals surface area contributed by atoms with Crippen molar-refractivity contribution >= 4 is 40.6 Å². The number of amides is 1. The fourth-order valence-corrected chi connectivity index (χ4v) is 1.59. The Labute approximate surface area is 113 Å². The second-order valence-electron chi connectivity index (χ2n) is 3.38. The van der Waals surface area contributed by atoms with Crippen molar-refractivity contribution in [2.45, 2.75) is 0 Å². The fraction of sp³-hybridized carbons (Fsp3) is 0. The van der Waals surface area contributed by atoms with E-state index in [1.807, 2.05) is 0 Å². The fourth-order valence-electron chi connectivity index (χ4n) is 1.24. The number of nitrogens with one attached hydrogen (secondary N) is 1. The first-order valence-electron chi connectivity index (χ1n) is 4.91. The highest BCUT2D eigenvalue weighted by Crippen LogP contribution is 2.29. The van der Waals surface area contributed by atoms with Gasteiger partial charge in [-0.1, -0.05) is 29.3 Å². The second kappa shape index (κ2) is 5.20. The van der Waals surface area contributed by atoms with Gasteiger partial charge >= 0.3 is 0 Å². The van der Waals surface area contributed by atoms with Crippen molar-refractivity contribution in [1.29, 1.82) is 0 Å². The van der Waals surface area contributed by atoms with E-state index in [1.165, 1.54) is 12.4 Å². The summed E-state index contributed by atoms with van der Waals surface area (Å²) < 4.78 is 0. The molecule has 0 radical (unpaired) electrons. The van der Waals surface area contributed by atoms with Crippen LogP contribution in [-0.2, 0) is 0 Å². The Morgan fingerprint density at radius 3 is 2.67 bits per heavy atom. The third-order valence-corrected chi connectivity index (χ3v) is 2.92. The number of aromatic nitrogens is 2. The van der Waals surface area contributed by atoms with Gasteiger partial charge in [0.25, 0.3) is 5.91 Å². The van der Waals surface area contributed by atoms with Gasteiger partial charge in [0.2, 0.25) is 0 Å². The topological polar surface area (TPSA) is 80.9 Å². The molecule has 18 heavy (non-hydrogen) atoms. The lowest BCUT2D eigenvalue weighted by atomic mass is 10.3. The van der Waals surface area contributed by atoms with Crippen LogP contribution in [0.3, 0.4) is 0 Å². The molecule has 3 N–H and O–H groups in total. The Kier molecular flexibility index (Phi) is 3.64. The summed E-state index contributed by atoms with van der Waals surface area (Å²) in [6, 6.07) is 4.94.